The smallest absolute Gasteiger partial charge is 0.227 e. The van der Waals surface area contributed by atoms with Crippen LogP contribution in [0.5, 0.6) is 0 Å². The number of nitrogens with one attached hydrogen (secondary N) is 2. The number of hydrogen-bond acceptors (Lipinski definition) is 5. The van der Waals surface area contributed by atoms with E-state index in [-0.39, 0.29) is 30.8 Å². The summed E-state index contributed by atoms with van der Waals surface area (Å²) in [6.07, 6.45) is 4.04. The normalized spacial score (nSPS) is 23.1. The fourth-order valence-electron chi connectivity index (χ4n) is 4.15. The van der Waals surface area contributed by atoms with Crippen LogP contribution in [0, 0.1) is 5.92 Å². The average Bonchev–Trinajstić information content (AvgIpc) is 2.86. The molecule has 2 aromatic rings. The number of rotatable bonds is 7. The van der Waals surface area contributed by atoms with Gasteiger partial charge in [-0.1, -0.05) is 54.6 Å². The molecule has 0 radical (unpaired) electrons. The Labute approximate surface area is 193 Å². The average molecular weight is 451 g/mol. The van der Waals surface area contributed by atoms with E-state index in [1.165, 1.54) is 0 Å². The van der Waals surface area contributed by atoms with E-state index >= 15 is 0 Å². The lowest BCUT2D eigenvalue weighted by Crippen LogP contribution is -2.50. The molecule has 0 saturated carbocycles. The molecule has 1 fully saturated rings. The van der Waals surface area contributed by atoms with E-state index in [1.54, 1.807) is 6.08 Å². The van der Waals surface area contributed by atoms with Crippen molar-refractivity contribution in [1.29, 1.82) is 0 Å². The third-order valence-corrected chi connectivity index (χ3v) is 6.03. The molecule has 2 amide bonds. The number of carbonyl (C=O) groups excluding carboxylic acids is 2. The van der Waals surface area contributed by atoms with Crippen molar-refractivity contribution in [2.45, 2.75) is 37.5 Å². The Morgan fingerprint density at radius 1 is 0.939 bits per heavy atom. The molecule has 1 saturated heterocycles. The van der Waals surface area contributed by atoms with E-state index in [4.69, 9.17) is 9.47 Å². The summed E-state index contributed by atoms with van der Waals surface area (Å²) in [5.41, 5.74) is 2.90. The molecule has 33 heavy (non-hydrogen) atoms. The predicted octanol–water partition coefficient (Wildman–Crippen LogP) is 2.91. The fraction of sp³-hybridized carbons (Fsp3) is 0.385. The lowest BCUT2D eigenvalue weighted by Gasteiger charge is -2.33. The van der Waals surface area contributed by atoms with E-state index in [0.717, 1.165) is 11.1 Å². The monoisotopic (exact) mass is 450 g/mol. The number of amides is 2. The van der Waals surface area contributed by atoms with E-state index in [1.807, 2.05) is 60.7 Å². The number of aliphatic hydroxyl groups is 1. The highest BCUT2D eigenvalue weighted by molar-refractivity contribution is 5.91. The molecule has 0 unspecified atom stereocenters. The van der Waals surface area contributed by atoms with Gasteiger partial charge in [-0.15, -0.1) is 0 Å². The van der Waals surface area contributed by atoms with Crippen molar-refractivity contribution >= 4 is 17.5 Å². The summed E-state index contributed by atoms with van der Waals surface area (Å²) in [5.74, 6) is -0.313. The first-order valence-corrected chi connectivity index (χ1v) is 11.4. The molecule has 0 bridgehead atoms. The van der Waals surface area contributed by atoms with Crippen LogP contribution in [0.25, 0.3) is 11.1 Å². The van der Waals surface area contributed by atoms with Crippen molar-refractivity contribution < 1.29 is 24.2 Å². The van der Waals surface area contributed by atoms with Crippen molar-refractivity contribution in [3.05, 3.63) is 66.7 Å². The maximum absolute atomic E-state index is 12.5. The molecule has 174 valence electrons. The number of benzene rings is 2. The first-order valence-electron chi connectivity index (χ1n) is 11.4. The quantitative estimate of drug-likeness (QED) is 0.564. The van der Waals surface area contributed by atoms with Gasteiger partial charge in [0.25, 0.3) is 0 Å². The number of ether oxygens (including phenoxy) is 2. The van der Waals surface area contributed by atoms with Gasteiger partial charge in [-0.05, 0) is 36.1 Å². The van der Waals surface area contributed by atoms with Gasteiger partial charge in [-0.3, -0.25) is 9.59 Å². The van der Waals surface area contributed by atoms with Crippen LogP contribution in [0.4, 0.5) is 5.69 Å². The van der Waals surface area contributed by atoms with Gasteiger partial charge < -0.3 is 25.2 Å². The summed E-state index contributed by atoms with van der Waals surface area (Å²) in [4.78, 5) is 25.0. The molecule has 2 aromatic carbocycles. The largest absolute Gasteiger partial charge is 0.394 e. The van der Waals surface area contributed by atoms with Crippen molar-refractivity contribution in [1.82, 2.24) is 5.32 Å². The Bertz CT molecular complexity index is 954. The van der Waals surface area contributed by atoms with Gasteiger partial charge in [-0.25, -0.2) is 0 Å². The molecular formula is C26H30N2O5. The lowest BCUT2D eigenvalue weighted by molar-refractivity contribution is -0.131. The third kappa shape index (κ3) is 6.28. The standard InChI is InChI=1S/C26H30N2O5/c29-17-24-23(28-26(31)20-12-14-32-15-13-20)11-10-22(33-24)16-25(30)27-21-8-6-19(7-9-21)18-4-2-1-3-5-18/h1-11,20,22-24,29H,12-17H2,(H,27,30)(H,28,31)/t22-,23-,24-/m0/s1. The van der Waals surface area contributed by atoms with Crippen LogP contribution in [0.2, 0.25) is 0 Å². The van der Waals surface area contributed by atoms with Crippen LogP contribution in [-0.2, 0) is 19.1 Å². The van der Waals surface area contributed by atoms with Gasteiger partial charge in [0.1, 0.15) is 6.10 Å². The zero-order chi connectivity index (χ0) is 23.0. The van der Waals surface area contributed by atoms with Gasteiger partial charge in [0.2, 0.25) is 11.8 Å². The minimum Gasteiger partial charge on any atom is -0.394 e. The molecule has 7 heteroatoms. The molecule has 7 nitrogen and oxygen atoms in total. The second kappa shape index (κ2) is 11.2. The predicted molar refractivity (Wildman–Crippen MR) is 125 cm³/mol. The van der Waals surface area contributed by atoms with Gasteiger partial charge in [0, 0.05) is 24.8 Å². The van der Waals surface area contributed by atoms with E-state index in [2.05, 4.69) is 10.6 Å². The van der Waals surface area contributed by atoms with Gasteiger partial charge >= 0.3 is 0 Å². The first kappa shape index (κ1) is 23.2. The van der Waals surface area contributed by atoms with Gasteiger partial charge in [0.05, 0.1) is 25.2 Å². The maximum Gasteiger partial charge on any atom is 0.227 e. The van der Waals surface area contributed by atoms with Crippen LogP contribution in [-0.4, -0.2) is 55.0 Å². The Morgan fingerprint density at radius 2 is 1.64 bits per heavy atom. The molecule has 0 spiro atoms. The zero-order valence-corrected chi connectivity index (χ0v) is 18.5. The van der Waals surface area contributed by atoms with Crippen molar-refractivity contribution in [2.75, 3.05) is 25.1 Å². The number of carbonyl (C=O) groups is 2. The topological polar surface area (TPSA) is 96.9 Å². The third-order valence-electron chi connectivity index (χ3n) is 6.03. The maximum atomic E-state index is 12.5. The van der Waals surface area contributed by atoms with Crippen LogP contribution >= 0.6 is 0 Å². The summed E-state index contributed by atoms with van der Waals surface area (Å²) in [6.45, 7) is 0.928. The van der Waals surface area contributed by atoms with Gasteiger partial charge in [-0.2, -0.15) is 0 Å². The molecule has 3 atom stereocenters. The van der Waals surface area contributed by atoms with Crippen molar-refractivity contribution in [3.63, 3.8) is 0 Å². The minimum absolute atomic E-state index is 0.0508. The molecule has 3 N–H and O–H groups in total. The van der Waals surface area contributed by atoms with Gasteiger partial charge in [0.15, 0.2) is 0 Å². The summed E-state index contributed by atoms with van der Waals surface area (Å²) in [6, 6.07) is 17.3. The Morgan fingerprint density at radius 3 is 2.33 bits per heavy atom. The van der Waals surface area contributed by atoms with Crippen molar-refractivity contribution in [3.8, 4) is 11.1 Å². The summed E-state index contributed by atoms with van der Waals surface area (Å²) < 4.78 is 11.2. The summed E-state index contributed by atoms with van der Waals surface area (Å²) in [5, 5.41) is 15.6. The second-order valence-electron chi connectivity index (χ2n) is 8.40. The highest BCUT2D eigenvalue weighted by Crippen LogP contribution is 2.22. The van der Waals surface area contributed by atoms with E-state index in [0.29, 0.717) is 31.7 Å². The first-order chi connectivity index (χ1) is 16.1. The zero-order valence-electron chi connectivity index (χ0n) is 18.5. The summed E-state index contributed by atoms with van der Waals surface area (Å²) in [7, 11) is 0. The Balaban J connectivity index is 1.29. The lowest BCUT2D eigenvalue weighted by atomic mass is 9.97. The highest BCUT2D eigenvalue weighted by Gasteiger charge is 2.31. The molecule has 0 aliphatic carbocycles. The molecule has 2 heterocycles. The van der Waals surface area contributed by atoms with E-state index in [9.17, 15) is 14.7 Å². The fourth-order valence-corrected chi connectivity index (χ4v) is 4.15. The van der Waals surface area contributed by atoms with E-state index < -0.39 is 18.2 Å². The van der Waals surface area contributed by atoms with Crippen LogP contribution < -0.4 is 10.6 Å². The number of anilines is 1. The highest BCUT2D eigenvalue weighted by atomic mass is 16.5. The minimum atomic E-state index is -0.596. The molecule has 2 aliphatic rings. The Hall–Kier alpha value is -3.00. The second-order valence-corrected chi connectivity index (χ2v) is 8.40. The molecule has 0 aromatic heterocycles. The van der Waals surface area contributed by atoms with Crippen LogP contribution in [0.3, 0.4) is 0 Å². The summed E-state index contributed by atoms with van der Waals surface area (Å²) >= 11 is 0. The molecular weight excluding hydrogens is 420 g/mol. The van der Waals surface area contributed by atoms with Crippen molar-refractivity contribution in [2.24, 2.45) is 5.92 Å². The number of aliphatic hydroxyl groups excluding tert-OH is 1. The van der Waals surface area contributed by atoms with Crippen LogP contribution in [0.1, 0.15) is 19.3 Å². The molecule has 2 aliphatic heterocycles. The molecule has 4 rings (SSSR count). The SMILES string of the molecule is O=C(C[C@@H]1C=C[C@H](NC(=O)C2CCOCC2)[C@H](CO)O1)Nc1ccc(-c2ccccc2)cc1. The van der Waals surface area contributed by atoms with Crippen LogP contribution in [0.15, 0.2) is 66.7 Å². The Kier molecular flexibility index (Phi) is 7.88. The number of hydrogen-bond donors (Lipinski definition) is 3.